The predicted octanol–water partition coefficient (Wildman–Crippen LogP) is -0.552. The number of rotatable bonds is 3. The molecule has 2 atom stereocenters. The van der Waals surface area contributed by atoms with Crippen LogP contribution in [0.15, 0.2) is 0 Å². The van der Waals surface area contributed by atoms with Gasteiger partial charge in [-0.3, -0.25) is 9.59 Å². The number of amides is 2. The van der Waals surface area contributed by atoms with Crippen LogP contribution in [0.5, 0.6) is 0 Å². The number of carbonyl (C=O) groups excluding carboxylic acids is 2. The Hall–Kier alpha value is -1.10. The van der Waals surface area contributed by atoms with Gasteiger partial charge in [0.25, 0.3) is 0 Å². The molecule has 1 heterocycles. The summed E-state index contributed by atoms with van der Waals surface area (Å²) in [6.45, 7) is 2.98. The molecule has 86 valence electrons. The molecule has 1 saturated heterocycles. The van der Waals surface area contributed by atoms with E-state index in [2.05, 4.69) is 0 Å². The maximum atomic E-state index is 11.7. The molecule has 1 fully saturated rings. The van der Waals surface area contributed by atoms with Crippen molar-refractivity contribution in [1.29, 1.82) is 0 Å². The summed E-state index contributed by atoms with van der Waals surface area (Å²) in [5.74, 6) is -0.472. The lowest BCUT2D eigenvalue weighted by molar-refractivity contribution is -0.135. The predicted molar refractivity (Wildman–Crippen MR) is 56.8 cm³/mol. The molecular formula is C10H19N3O2. The summed E-state index contributed by atoms with van der Waals surface area (Å²) < 4.78 is 0. The highest BCUT2D eigenvalue weighted by Gasteiger charge is 2.26. The van der Waals surface area contributed by atoms with Crippen LogP contribution in [0.1, 0.15) is 26.2 Å². The Labute approximate surface area is 89.8 Å². The SMILES string of the molecule is CC(N)CC(=O)N1CCCC(C(N)=O)C1. The molecule has 0 aliphatic carbocycles. The molecule has 1 aliphatic heterocycles. The minimum absolute atomic E-state index is 0.0240. The molecule has 5 nitrogen and oxygen atoms in total. The van der Waals surface area contributed by atoms with Gasteiger partial charge >= 0.3 is 0 Å². The number of piperidine rings is 1. The van der Waals surface area contributed by atoms with Gasteiger partial charge in [-0.2, -0.15) is 0 Å². The van der Waals surface area contributed by atoms with E-state index < -0.39 is 0 Å². The molecule has 15 heavy (non-hydrogen) atoms. The Morgan fingerprint density at radius 3 is 2.73 bits per heavy atom. The van der Waals surface area contributed by atoms with E-state index in [0.717, 1.165) is 19.4 Å². The van der Waals surface area contributed by atoms with E-state index in [0.29, 0.717) is 13.0 Å². The Morgan fingerprint density at radius 1 is 1.53 bits per heavy atom. The second kappa shape index (κ2) is 5.11. The lowest BCUT2D eigenvalue weighted by atomic mass is 9.97. The maximum Gasteiger partial charge on any atom is 0.224 e. The molecule has 2 amide bonds. The number of nitrogens with two attached hydrogens (primary N) is 2. The molecule has 1 aliphatic rings. The number of hydrogen-bond acceptors (Lipinski definition) is 3. The zero-order chi connectivity index (χ0) is 11.4. The molecule has 4 N–H and O–H groups in total. The Bertz CT molecular complexity index is 253. The average molecular weight is 213 g/mol. The van der Waals surface area contributed by atoms with Crippen molar-refractivity contribution in [2.45, 2.75) is 32.2 Å². The molecule has 0 spiro atoms. The summed E-state index contributed by atoms with van der Waals surface area (Å²) in [7, 11) is 0. The summed E-state index contributed by atoms with van der Waals surface area (Å²) in [6, 6.07) is -0.133. The zero-order valence-electron chi connectivity index (χ0n) is 9.11. The Balaban J connectivity index is 2.48. The van der Waals surface area contributed by atoms with Gasteiger partial charge in [0.05, 0.1) is 5.92 Å². The van der Waals surface area contributed by atoms with Crippen LogP contribution in [0.2, 0.25) is 0 Å². The minimum atomic E-state index is -0.312. The van der Waals surface area contributed by atoms with E-state index in [-0.39, 0.29) is 23.8 Å². The third kappa shape index (κ3) is 3.51. The fourth-order valence-electron chi connectivity index (χ4n) is 1.84. The van der Waals surface area contributed by atoms with Crippen molar-refractivity contribution in [1.82, 2.24) is 4.90 Å². The van der Waals surface area contributed by atoms with Crippen LogP contribution in [0, 0.1) is 5.92 Å². The lowest BCUT2D eigenvalue weighted by Gasteiger charge is -2.31. The van der Waals surface area contributed by atoms with Crippen molar-refractivity contribution in [2.24, 2.45) is 17.4 Å². The summed E-state index contributed by atoms with van der Waals surface area (Å²) in [6.07, 6.45) is 1.97. The number of likely N-dealkylation sites (tertiary alicyclic amines) is 1. The first kappa shape index (κ1) is 12.0. The van der Waals surface area contributed by atoms with Gasteiger partial charge in [-0.1, -0.05) is 0 Å². The van der Waals surface area contributed by atoms with Gasteiger partial charge in [-0.05, 0) is 19.8 Å². The van der Waals surface area contributed by atoms with Crippen LogP contribution >= 0.6 is 0 Å². The minimum Gasteiger partial charge on any atom is -0.369 e. The number of nitrogens with zero attached hydrogens (tertiary/aromatic N) is 1. The van der Waals surface area contributed by atoms with Gasteiger partial charge in [-0.25, -0.2) is 0 Å². The lowest BCUT2D eigenvalue weighted by Crippen LogP contribution is -2.45. The molecule has 0 radical (unpaired) electrons. The van der Waals surface area contributed by atoms with Crippen molar-refractivity contribution in [3.63, 3.8) is 0 Å². The molecule has 0 aromatic carbocycles. The molecule has 0 saturated carbocycles. The Morgan fingerprint density at radius 2 is 2.20 bits per heavy atom. The first-order chi connectivity index (χ1) is 7.00. The van der Waals surface area contributed by atoms with Crippen LogP contribution in [-0.4, -0.2) is 35.8 Å². The quantitative estimate of drug-likeness (QED) is 0.659. The number of hydrogen-bond donors (Lipinski definition) is 2. The Kier molecular flexibility index (Phi) is 4.08. The molecule has 1 rings (SSSR count). The van der Waals surface area contributed by atoms with Crippen molar-refractivity contribution in [2.75, 3.05) is 13.1 Å². The van der Waals surface area contributed by atoms with Gasteiger partial charge in [0, 0.05) is 25.6 Å². The van der Waals surface area contributed by atoms with Crippen molar-refractivity contribution >= 4 is 11.8 Å². The third-order valence-corrected chi connectivity index (χ3v) is 2.67. The molecule has 5 heteroatoms. The van der Waals surface area contributed by atoms with E-state index in [1.807, 2.05) is 0 Å². The zero-order valence-corrected chi connectivity index (χ0v) is 9.11. The number of carbonyl (C=O) groups is 2. The molecule has 0 aromatic rings. The van der Waals surface area contributed by atoms with Gasteiger partial charge < -0.3 is 16.4 Å². The highest BCUT2D eigenvalue weighted by atomic mass is 16.2. The maximum absolute atomic E-state index is 11.7. The van der Waals surface area contributed by atoms with E-state index in [9.17, 15) is 9.59 Å². The average Bonchev–Trinajstić information content (AvgIpc) is 2.17. The van der Waals surface area contributed by atoms with E-state index in [4.69, 9.17) is 11.5 Å². The topological polar surface area (TPSA) is 89.4 Å². The van der Waals surface area contributed by atoms with E-state index in [1.54, 1.807) is 11.8 Å². The highest BCUT2D eigenvalue weighted by Crippen LogP contribution is 2.16. The second-order valence-electron chi connectivity index (χ2n) is 4.26. The van der Waals surface area contributed by atoms with Crippen LogP contribution < -0.4 is 11.5 Å². The van der Waals surface area contributed by atoms with Gasteiger partial charge in [0.2, 0.25) is 11.8 Å². The van der Waals surface area contributed by atoms with Crippen molar-refractivity contribution in [3.05, 3.63) is 0 Å². The van der Waals surface area contributed by atoms with Gasteiger partial charge in [0.15, 0.2) is 0 Å². The van der Waals surface area contributed by atoms with Crippen LogP contribution in [0.4, 0.5) is 0 Å². The molecule has 0 bridgehead atoms. The van der Waals surface area contributed by atoms with Crippen LogP contribution in [0.25, 0.3) is 0 Å². The fourth-order valence-corrected chi connectivity index (χ4v) is 1.84. The third-order valence-electron chi connectivity index (χ3n) is 2.67. The number of primary amides is 1. The first-order valence-electron chi connectivity index (χ1n) is 5.33. The van der Waals surface area contributed by atoms with Crippen LogP contribution in [-0.2, 0) is 9.59 Å². The molecule has 2 unspecified atom stereocenters. The fraction of sp³-hybridized carbons (Fsp3) is 0.800. The van der Waals surface area contributed by atoms with E-state index >= 15 is 0 Å². The summed E-state index contributed by atoms with van der Waals surface area (Å²) in [4.78, 5) is 24.4. The van der Waals surface area contributed by atoms with Gasteiger partial charge in [0.1, 0.15) is 0 Å². The largest absolute Gasteiger partial charge is 0.369 e. The summed E-state index contributed by atoms with van der Waals surface area (Å²) >= 11 is 0. The first-order valence-corrected chi connectivity index (χ1v) is 5.33. The summed E-state index contributed by atoms with van der Waals surface area (Å²) in [5, 5.41) is 0. The van der Waals surface area contributed by atoms with Crippen LogP contribution in [0.3, 0.4) is 0 Å². The second-order valence-corrected chi connectivity index (χ2v) is 4.26. The summed E-state index contributed by atoms with van der Waals surface area (Å²) in [5.41, 5.74) is 10.8. The highest BCUT2D eigenvalue weighted by molar-refractivity contribution is 5.80. The van der Waals surface area contributed by atoms with Gasteiger partial charge in [-0.15, -0.1) is 0 Å². The smallest absolute Gasteiger partial charge is 0.224 e. The standard InChI is InChI=1S/C10H19N3O2/c1-7(11)5-9(14)13-4-2-3-8(6-13)10(12)15/h7-8H,2-6,11H2,1H3,(H2,12,15). The monoisotopic (exact) mass is 213 g/mol. The molecule has 0 aromatic heterocycles. The van der Waals surface area contributed by atoms with Crippen molar-refractivity contribution < 1.29 is 9.59 Å². The van der Waals surface area contributed by atoms with E-state index in [1.165, 1.54) is 0 Å². The normalized spacial score (nSPS) is 23.6. The van der Waals surface area contributed by atoms with Crippen molar-refractivity contribution in [3.8, 4) is 0 Å². The molecular weight excluding hydrogens is 194 g/mol.